The molecular weight excluding hydrogens is 413 g/mol. The first-order valence-corrected chi connectivity index (χ1v) is 9.50. The number of ether oxygens (including phenoxy) is 1. The Kier molecular flexibility index (Phi) is 4.92. The van der Waals surface area contributed by atoms with E-state index in [0.717, 1.165) is 28.4 Å². The number of aromatic hydroxyl groups is 1. The molecule has 152 valence electrons. The number of aliphatic hydroxyl groups excluding tert-OH is 1. The molecule has 4 rings (SSSR count). The fraction of sp³-hybridized carbons (Fsp3) is 0.100. The van der Waals surface area contributed by atoms with Gasteiger partial charge >= 0.3 is 5.91 Å². The van der Waals surface area contributed by atoms with Crippen molar-refractivity contribution in [2.75, 3.05) is 12.0 Å². The molecule has 2 N–H and O–H groups in total. The standard InChI is InChI=1S/C20H14FN3O5S/c1-29-14-8-11(4-7-13(14)25)16-15(17(26)10-2-5-12(21)6-3-10)18(27)19(28)24(16)20-23-22-9-30-20/h2-9,16,25-26H,1H3/b17-15+. The zero-order valence-electron chi connectivity index (χ0n) is 15.4. The maximum Gasteiger partial charge on any atom is 0.301 e. The predicted molar refractivity (Wildman–Crippen MR) is 106 cm³/mol. The molecule has 3 aromatic rings. The van der Waals surface area contributed by atoms with Crippen molar-refractivity contribution < 1.29 is 28.9 Å². The number of methoxy groups -OCH3 is 1. The van der Waals surface area contributed by atoms with Crippen LogP contribution in [0, 0.1) is 5.82 Å². The van der Waals surface area contributed by atoms with Crippen LogP contribution in [0.5, 0.6) is 11.5 Å². The molecule has 0 spiro atoms. The lowest BCUT2D eigenvalue weighted by Crippen LogP contribution is -2.29. The summed E-state index contributed by atoms with van der Waals surface area (Å²) >= 11 is 1.05. The number of hydrogen-bond acceptors (Lipinski definition) is 8. The quantitative estimate of drug-likeness (QED) is 0.374. The minimum Gasteiger partial charge on any atom is -0.507 e. The van der Waals surface area contributed by atoms with E-state index < -0.39 is 29.3 Å². The molecule has 0 radical (unpaired) electrons. The van der Waals surface area contributed by atoms with Crippen molar-refractivity contribution in [2.24, 2.45) is 0 Å². The fourth-order valence-corrected chi connectivity index (χ4v) is 3.83. The van der Waals surface area contributed by atoms with Crippen LogP contribution in [0.25, 0.3) is 5.76 Å². The van der Waals surface area contributed by atoms with Crippen molar-refractivity contribution >= 4 is 33.9 Å². The number of nitrogens with zero attached hydrogens (tertiary/aromatic N) is 3. The molecule has 2 heterocycles. The largest absolute Gasteiger partial charge is 0.507 e. The number of aliphatic hydroxyl groups is 1. The lowest BCUT2D eigenvalue weighted by atomic mass is 9.95. The molecule has 1 saturated heterocycles. The monoisotopic (exact) mass is 427 g/mol. The van der Waals surface area contributed by atoms with Gasteiger partial charge in [0.25, 0.3) is 5.78 Å². The van der Waals surface area contributed by atoms with E-state index >= 15 is 0 Å². The smallest absolute Gasteiger partial charge is 0.301 e. The Balaban J connectivity index is 1.95. The lowest BCUT2D eigenvalue weighted by molar-refractivity contribution is -0.132. The van der Waals surface area contributed by atoms with E-state index in [1.807, 2.05) is 0 Å². The number of benzene rings is 2. The number of carbonyl (C=O) groups excluding carboxylic acids is 2. The number of rotatable bonds is 4. The third-order valence-corrected chi connectivity index (χ3v) is 5.33. The summed E-state index contributed by atoms with van der Waals surface area (Å²) in [6.45, 7) is 0. The lowest BCUT2D eigenvalue weighted by Gasteiger charge is -2.23. The molecule has 2 aromatic carbocycles. The van der Waals surface area contributed by atoms with E-state index in [4.69, 9.17) is 4.74 Å². The van der Waals surface area contributed by atoms with Crippen LogP contribution in [-0.4, -0.2) is 39.2 Å². The molecule has 1 aromatic heterocycles. The maximum atomic E-state index is 13.3. The third kappa shape index (κ3) is 3.16. The van der Waals surface area contributed by atoms with Crippen LogP contribution in [0.4, 0.5) is 9.52 Å². The Morgan fingerprint density at radius 2 is 1.93 bits per heavy atom. The number of amides is 1. The molecular formula is C20H14FN3O5S. The van der Waals surface area contributed by atoms with Gasteiger partial charge < -0.3 is 14.9 Å². The third-order valence-electron chi connectivity index (χ3n) is 4.64. The summed E-state index contributed by atoms with van der Waals surface area (Å²) in [6.07, 6.45) is 0. The molecule has 10 heteroatoms. The van der Waals surface area contributed by atoms with Crippen molar-refractivity contribution in [1.29, 1.82) is 0 Å². The zero-order chi connectivity index (χ0) is 21.4. The van der Waals surface area contributed by atoms with Gasteiger partial charge in [0.1, 0.15) is 17.1 Å². The molecule has 1 aliphatic rings. The molecule has 0 aliphatic carbocycles. The number of halogens is 1. The second-order valence-electron chi connectivity index (χ2n) is 6.33. The highest BCUT2D eigenvalue weighted by molar-refractivity contribution is 7.13. The Morgan fingerprint density at radius 3 is 2.57 bits per heavy atom. The van der Waals surface area contributed by atoms with Gasteiger partial charge in [-0.3, -0.25) is 14.5 Å². The molecule has 1 atom stereocenters. The summed E-state index contributed by atoms with van der Waals surface area (Å²) in [6, 6.07) is 8.13. The molecule has 30 heavy (non-hydrogen) atoms. The molecule has 1 unspecified atom stereocenters. The van der Waals surface area contributed by atoms with Crippen LogP contribution in [0.1, 0.15) is 17.2 Å². The molecule has 1 amide bonds. The molecule has 0 bridgehead atoms. The summed E-state index contributed by atoms with van der Waals surface area (Å²) in [7, 11) is 1.36. The highest BCUT2D eigenvalue weighted by Crippen LogP contribution is 2.44. The number of phenolic OH excluding ortho intramolecular Hbond substituents is 1. The minimum atomic E-state index is -1.06. The van der Waals surface area contributed by atoms with Crippen molar-refractivity contribution in [3.05, 3.63) is 70.5 Å². The minimum absolute atomic E-state index is 0.122. The van der Waals surface area contributed by atoms with Crippen LogP contribution in [0.2, 0.25) is 0 Å². The number of aromatic nitrogens is 2. The molecule has 1 fully saturated rings. The SMILES string of the molecule is COc1cc(C2/C(=C(\O)c3ccc(F)cc3)C(=O)C(=O)N2c2nncs2)ccc1O. The first-order chi connectivity index (χ1) is 14.4. The Morgan fingerprint density at radius 1 is 1.20 bits per heavy atom. The van der Waals surface area contributed by atoms with Crippen LogP contribution in [-0.2, 0) is 9.59 Å². The second kappa shape index (κ2) is 7.56. The first kappa shape index (κ1) is 19.5. The maximum absolute atomic E-state index is 13.3. The molecule has 0 saturated carbocycles. The number of Topliss-reactive ketones (excluding diaryl/α,β-unsaturated/α-hetero) is 1. The number of phenols is 1. The van der Waals surface area contributed by atoms with E-state index in [-0.39, 0.29) is 27.8 Å². The van der Waals surface area contributed by atoms with Crippen LogP contribution >= 0.6 is 11.3 Å². The van der Waals surface area contributed by atoms with Gasteiger partial charge in [-0.2, -0.15) is 0 Å². The van der Waals surface area contributed by atoms with Gasteiger partial charge in [0, 0.05) is 5.56 Å². The summed E-state index contributed by atoms with van der Waals surface area (Å²) in [5.74, 6) is -2.81. The van der Waals surface area contributed by atoms with Crippen LogP contribution in [0.15, 0.2) is 53.5 Å². The predicted octanol–water partition coefficient (Wildman–Crippen LogP) is 3.02. The van der Waals surface area contributed by atoms with Gasteiger partial charge in [0.15, 0.2) is 11.5 Å². The van der Waals surface area contributed by atoms with Gasteiger partial charge in [-0.15, -0.1) is 10.2 Å². The van der Waals surface area contributed by atoms with E-state index in [0.29, 0.717) is 5.56 Å². The second-order valence-corrected chi connectivity index (χ2v) is 7.14. The van der Waals surface area contributed by atoms with E-state index in [1.54, 1.807) is 0 Å². The average molecular weight is 427 g/mol. The molecule has 8 nitrogen and oxygen atoms in total. The normalized spacial score (nSPS) is 18.1. The summed E-state index contributed by atoms with van der Waals surface area (Å²) in [5.41, 5.74) is 1.77. The van der Waals surface area contributed by atoms with Gasteiger partial charge in [0.2, 0.25) is 5.13 Å². The number of carbonyl (C=O) groups is 2. The van der Waals surface area contributed by atoms with Crippen molar-refractivity contribution in [1.82, 2.24) is 10.2 Å². The topological polar surface area (TPSA) is 113 Å². The van der Waals surface area contributed by atoms with E-state index in [9.17, 15) is 24.2 Å². The Labute approximate surface area is 173 Å². The van der Waals surface area contributed by atoms with Crippen LogP contribution < -0.4 is 9.64 Å². The molecule has 1 aliphatic heterocycles. The van der Waals surface area contributed by atoms with Gasteiger partial charge in [0.05, 0.1) is 18.7 Å². The zero-order valence-corrected chi connectivity index (χ0v) is 16.3. The van der Waals surface area contributed by atoms with Gasteiger partial charge in [-0.05, 0) is 42.0 Å². The van der Waals surface area contributed by atoms with Crippen molar-refractivity contribution in [3.63, 3.8) is 0 Å². The highest BCUT2D eigenvalue weighted by Gasteiger charge is 2.48. The summed E-state index contributed by atoms with van der Waals surface area (Å²) < 4.78 is 18.4. The van der Waals surface area contributed by atoms with Gasteiger partial charge in [-0.1, -0.05) is 17.4 Å². The number of anilines is 1. The van der Waals surface area contributed by atoms with Gasteiger partial charge in [-0.25, -0.2) is 4.39 Å². The van der Waals surface area contributed by atoms with Crippen LogP contribution in [0.3, 0.4) is 0 Å². The first-order valence-electron chi connectivity index (χ1n) is 8.62. The van der Waals surface area contributed by atoms with E-state index in [1.165, 1.54) is 43.0 Å². The fourth-order valence-electron chi connectivity index (χ4n) is 3.24. The Hall–Kier alpha value is -3.79. The summed E-state index contributed by atoms with van der Waals surface area (Å²) in [5, 5.41) is 28.6. The highest BCUT2D eigenvalue weighted by atomic mass is 32.1. The average Bonchev–Trinajstić information content (AvgIpc) is 3.35. The van der Waals surface area contributed by atoms with E-state index in [2.05, 4.69) is 10.2 Å². The summed E-state index contributed by atoms with van der Waals surface area (Å²) in [4.78, 5) is 26.9. The number of ketones is 1. The van der Waals surface area contributed by atoms with Crippen molar-refractivity contribution in [3.8, 4) is 11.5 Å². The number of hydrogen-bond donors (Lipinski definition) is 2. The Bertz CT molecular complexity index is 1160. The van der Waals surface area contributed by atoms with Crippen molar-refractivity contribution in [2.45, 2.75) is 6.04 Å².